The SMILES string of the molecule is CNc1cccc(NC(=O)N[C@@H]2NC(C)C3=C(C=CCC3)N(CC(=O)CCO)C2O)c1. The number of nitrogens with one attached hydrogen (secondary N) is 4. The van der Waals surface area contributed by atoms with Gasteiger partial charge in [0.15, 0.2) is 12.0 Å². The molecule has 9 heteroatoms. The van der Waals surface area contributed by atoms with Gasteiger partial charge in [-0.05, 0) is 49.6 Å². The number of allylic oxidation sites excluding steroid dienone is 2. The molecule has 2 amide bonds. The van der Waals surface area contributed by atoms with Gasteiger partial charge < -0.3 is 31.1 Å². The monoisotopic (exact) mass is 429 g/mol. The van der Waals surface area contributed by atoms with Gasteiger partial charge in [0, 0.05) is 36.6 Å². The summed E-state index contributed by atoms with van der Waals surface area (Å²) in [5.74, 6) is -0.186. The van der Waals surface area contributed by atoms with Crippen LogP contribution < -0.4 is 21.3 Å². The Morgan fingerprint density at radius 2 is 2.06 bits per heavy atom. The van der Waals surface area contributed by atoms with Crippen molar-refractivity contribution in [3.05, 3.63) is 47.7 Å². The molecule has 0 saturated heterocycles. The maximum absolute atomic E-state index is 12.7. The van der Waals surface area contributed by atoms with Crippen LogP contribution in [0.1, 0.15) is 26.2 Å². The van der Waals surface area contributed by atoms with Crippen molar-refractivity contribution in [2.75, 3.05) is 30.8 Å². The van der Waals surface area contributed by atoms with Crippen molar-refractivity contribution < 1.29 is 19.8 Å². The number of aliphatic hydroxyl groups excluding tert-OH is 2. The molecule has 1 aliphatic carbocycles. The maximum atomic E-state index is 12.7. The van der Waals surface area contributed by atoms with Crippen LogP contribution in [0.2, 0.25) is 0 Å². The number of hydrogen-bond acceptors (Lipinski definition) is 7. The molecule has 0 bridgehead atoms. The molecule has 2 unspecified atom stereocenters. The van der Waals surface area contributed by atoms with Crippen LogP contribution in [-0.4, -0.2) is 65.6 Å². The van der Waals surface area contributed by atoms with E-state index in [0.717, 1.165) is 29.8 Å². The molecule has 9 nitrogen and oxygen atoms in total. The van der Waals surface area contributed by atoms with Gasteiger partial charge in [-0.15, -0.1) is 0 Å². The van der Waals surface area contributed by atoms with Crippen LogP contribution in [0, 0.1) is 0 Å². The van der Waals surface area contributed by atoms with Crippen LogP contribution in [0.25, 0.3) is 0 Å². The molecule has 3 rings (SSSR count). The molecule has 0 radical (unpaired) electrons. The molecule has 2 aliphatic rings. The summed E-state index contributed by atoms with van der Waals surface area (Å²) in [5.41, 5.74) is 3.33. The van der Waals surface area contributed by atoms with Crippen LogP contribution in [0.4, 0.5) is 16.2 Å². The highest BCUT2D eigenvalue weighted by Crippen LogP contribution is 2.29. The average molecular weight is 430 g/mol. The van der Waals surface area contributed by atoms with E-state index in [2.05, 4.69) is 21.3 Å². The Kier molecular flexibility index (Phi) is 7.67. The summed E-state index contributed by atoms with van der Waals surface area (Å²) in [6, 6.07) is 6.68. The van der Waals surface area contributed by atoms with Crippen molar-refractivity contribution in [1.29, 1.82) is 0 Å². The van der Waals surface area contributed by atoms with E-state index in [0.29, 0.717) is 5.69 Å². The number of ketones is 1. The zero-order valence-corrected chi connectivity index (χ0v) is 17.9. The largest absolute Gasteiger partial charge is 0.396 e. The molecule has 0 aromatic heterocycles. The van der Waals surface area contributed by atoms with Gasteiger partial charge in [-0.1, -0.05) is 12.1 Å². The predicted octanol–water partition coefficient (Wildman–Crippen LogP) is 1.34. The third-order valence-electron chi connectivity index (χ3n) is 5.50. The molecule has 0 fully saturated rings. The fourth-order valence-corrected chi connectivity index (χ4v) is 3.92. The summed E-state index contributed by atoms with van der Waals surface area (Å²) in [7, 11) is 1.79. The first kappa shape index (κ1) is 22.8. The fourth-order valence-electron chi connectivity index (χ4n) is 3.92. The van der Waals surface area contributed by atoms with Gasteiger partial charge in [-0.3, -0.25) is 10.1 Å². The van der Waals surface area contributed by atoms with E-state index in [1.165, 1.54) is 0 Å². The van der Waals surface area contributed by atoms with E-state index in [4.69, 9.17) is 5.11 Å². The van der Waals surface area contributed by atoms with E-state index in [1.54, 1.807) is 24.1 Å². The molecular weight excluding hydrogens is 398 g/mol. The summed E-state index contributed by atoms with van der Waals surface area (Å²) in [6.45, 7) is 1.68. The number of Topliss-reactive ketones (excluding diaryl/α,β-unsaturated/α-hetero) is 1. The topological polar surface area (TPSA) is 126 Å². The molecule has 31 heavy (non-hydrogen) atoms. The second-order valence-electron chi connectivity index (χ2n) is 7.70. The van der Waals surface area contributed by atoms with E-state index >= 15 is 0 Å². The standard InChI is InChI=1S/C22H31N5O4/c1-14-18-8-3-4-9-19(18)27(13-17(29)10-11-28)21(30)20(24-14)26-22(31)25-16-7-5-6-15(12-16)23-2/h4-7,9,12,14,20-21,23-24,28,30H,3,8,10-11,13H2,1-2H3,(H2,25,26,31)/t14?,20-,21?/m0/s1. The minimum atomic E-state index is -1.17. The molecule has 1 aromatic carbocycles. The highest BCUT2D eigenvalue weighted by molar-refractivity contribution is 5.90. The molecule has 168 valence electrons. The Bertz CT molecular complexity index is 869. The van der Waals surface area contributed by atoms with Crippen LogP contribution in [0.5, 0.6) is 0 Å². The smallest absolute Gasteiger partial charge is 0.320 e. The van der Waals surface area contributed by atoms with Crippen molar-refractivity contribution in [1.82, 2.24) is 15.5 Å². The zero-order valence-electron chi connectivity index (χ0n) is 17.9. The molecule has 3 atom stereocenters. The quantitative estimate of drug-likeness (QED) is 0.386. The Hall–Kier alpha value is -2.88. The minimum Gasteiger partial charge on any atom is -0.396 e. The van der Waals surface area contributed by atoms with E-state index in [-0.39, 0.29) is 31.4 Å². The van der Waals surface area contributed by atoms with Gasteiger partial charge in [-0.2, -0.15) is 0 Å². The van der Waals surface area contributed by atoms with E-state index in [1.807, 2.05) is 31.2 Å². The summed E-state index contributed by atoms with van der Waals surface area (Å²) in [4.78, 5) is 26.5. The van der Waals surface area contributed by atoms with Gasteiger partial charge in [-0.25, -0.2) is 4.79 Å². The minimum absolute atomic E-state index is 0.0128. The average Bonchev–Trinajstić information content (AvgIpc) is 2.85. The lowest BCUT2D eigenvalue weighted by atomic mass is 9.96. The number of benzene rings is 1. The van der Waals surface area contributed by atoms with Crippen LogP contribution in [0.3, 0.4) is 0 Å². The number of nitrogens with zero attached hydrogens (tertiary/aromatic N) is 1. The van der Waals surface area contributed by atoms with Crippen molar-refractivity contribution >= 4 is 23.2 Å². The van der Waals surface area contributed by atoms with Crippen molar-refractivity contribution in [2.24, 2.45) is 0 Å². The number of amides is 2. The molecular formula is C22H31N5O4. The second kappa shape index (κ2) is 10.4. The zero-order chi connectivity index (χ0) is 22.4. The Morgan fingerprint density at radius 3 is 2.81 bits per heavy atom. The molecule has 1 aliphatic heterocycles. The number of urea groups is 1. The van der Waals surface area contributed by atoms with Gasteiger partial charge >= 0.3 is 6.03 Å². The molecule has 0 spiro atoms. The fraction of sp³-hybridized carbons (Fsp3) is 0.455. The number of carbonyl (C=O) groups is 2. The lowest BCUT2D eigenvalue weighted by Gasteiger charge is -2.34. The van der Waals surface area contributed by atoms with Gasteiger partial charge in [0.25, 0.3) is 0 Å². The number of aliphatic hydroxyl groups is 2. The predicted molar refractivity (Wildman–Crippen MR) is 119 cm³/mol. The summed E-state index contributed by atoms with van der Waals surface area (Å²) >= 11 is 0. The number of hydrogen-bond donors (Lipinski definition) is 6. The normalized spacial score (nSPS) is 23.1. The maximum Gasteiger partial charge on any atom is 0.320 e. The molecule has 0 saturated carbocycles. The number of carbonyl (C=O) groups excluding carboxylic acids is 2. The lowest BCUT2D eigenvalue weighted by molar-refractivity contribution is -0.123. The highest BCUT2D eigenvalue weighted by atomic mass is 16.3. The van der Waals surface area contributed by atoms with Crippen molar-refractivity contribution in [3.8, 4) is 0 Å². The first-order valence-corrected chi connectivity index (χ1v) is 10.5. The first-order valence-electron chi connectivity index (χ1n) is 10.5. The molecule has 1 heterocycles. The number of rotatable bonds is 7. The lowest BCUT2D eigenvalue weighted by Crippen LogP contribution is -2.59. The summed E-state index contributed by atoms with van der Waals surface area (Å²) < 4.78 is 0. The van der Waals surface area contributed by atoms with E-state index in [9.17, 15) is 14.7 Å². The summed E-state index contributed by atoms with van der Waals surface area (Å²) in [5, 5.41) is 32.1. The van der Waals surface area contributed by atoms with Gasteiger partial charge in [0.1, 0.15) is 6.17 Å². The summed E-state index contributed by atoms with van der Waals surface area (Å²) in [6.07, 6.45) is 3.62. The third-order valence-corrected chi connectivity index (χ3v) is 5.50. The first-order chi connectivity index (χ1) is 14.9. The van der Waals surface area contributed by atoms with Crippen LogP contribution in [-0.2, 0) is 4.79 Å². The van der Waals surface area contributed by atoms with Crippen LogP contribution in [0.15, 0.2) is 47.7 Å². The van der Waals surface area contributed by atoms with Crippen molar-refractivity contribution in [3.63, 3.8) is 0 Å². The molecule has 6 N–H and O–H groups in total. The van der Waals surface area contributed by atoms with Gasteiger partial charge in [0.2, 0.25) is 0 Å². The molecule has 1 aromatic rings. The highest BCUT2D eigenvalue weighted by Gasteiger charge is 2.36. The Morgan fingerprint density at radius 1 is 1.29 bits per heavy atom. The Balaban J connectivity index is 1.78. The van der Waals surface area contributed by atoms with Gasteiger partial charge in [0.05, 0.1) is 13.2 Å². The second-order valence-corrected chi connectivity index (χ2v) is 7.70. The van der Waals surface area contributed by atoms with E-state index < -0.39 is 18.4 Å². The van der Waals surface area contributed by atoms with Crippen LogP contribution >= 0.6 is 0 Å². The number of anilines is 2. The Labute approximate surface area is 182 Å². The third kappa shape index (κ3) is 5.63. The van der Waals surface area contributed by atoms with Crippen molar-refractivity contribution in [2.45, 2.75) is 44.6 Å².